The molecule has 1 aromatic heterocycles. The van der Waals surface area contributed by atoms with Gasteiger partial charge in [0.2, 0.25) is 11.8 Å². The third kappa shape index (κ3) is 4.37. The first-order valence-corrected chi connectivity index (χ1v) is 11.0. The quantitative estimate of drug-likeness (QED) is 0.315. The van der Waals surface area contributed by atoms with Gasteiger partial charge in [0.25, 0.3) is 11.8 Å². The molecule has 4 amide bonds. The Hall–Kier alpha value is -4.49. The van der Waals surface area contributed by atoms with Gasteiger partial charge >= 0.3 is 0 Å². The maximum absolute atomic E-state index is 13.0. The summed E-state index contributed by atoms with van der Waals surface area (Å²) < 4.78 is 11.1. The minimum atomic E-state index is -1.02. The average molecular weight is 472 g/mol. The summed E-state index contributed by atoms with van der Waals surface area (Å²) in [5.41, 5.74) is 2.47. The Morgan fingerprint density at radius 3 is 2.83 bits per heavy atom. The Morgan fingerprint density at radius 1 is 1.09 bits per heavy atom. The van der Waals surface area contributed by atoms with Gasteiger partial charge in [-0.3, -0.25) is 29.4 Å². The number of amides is 4. The van der Waals surface area contributed by atoms with Gasteiger partial charge in [0.05, 0.1) is 35.1 Å². The molecule has 1 saturated heterocycles. The van der Waals surface area contributed by atoms with Gasteiger partial charge in [-0.25, -0.2) is 4.98 Å². The molecule has 0 radical (unpaired) electrons. The number of fused-ring (bicyclic) bond motifs is 2. The molecule has 3 heterocycles. The first-order valence-electron chi connectivity index (χ1n) is 11.0. The maximum atomic E-state index is 13.0. The number of aromatic amines is 1. The molecule has 0 saturated carbocycles. The van der Waals surface area contributed by atoms with E-state index in [1.54, 1.807) is 18.5 Å². The molecule has 2 aliphatic rings. The van der Waals surface area contributed by atoms with Gasteiger partial charge in [0, 0.05) is 18.1 Å². The fourth-order valence-electron chi connectivity index (χ4n) is 4.10. The zero-order valence-corrected chi connectivity index (χ0v) is 18.5. The van der Waals surface area contributed by atoms with E-state index >= 15 is 0 Å². The number of piperidine rings is 1. The molecule has 3 aromatic rings. The lowest BCUT2D eigenvalue weighted by molar-refractivity contribution is -0.136. The second-order valence-corrected chi connectivity index (χ2v) is 7.96. The minimum Gasteiger partial charge on any atom is -0.491 e. The van der Waals surface area contributed by atoms with E-state index < -0.39 is 29.7 Å². The van der Waals surface area contributed by atoms with E-state index in [0.717, 1.165) is 15.9 Å². The molecule has 2 aliphatic heterocycles. The molecular weight excluding hydrogens is 452 g/mol. The number of imidazole rings is 1. The van der Waals surface area contributed by atoms with Crippen molar-refractivity contribution in [3.63, 3.8) is 0 Å². The van der Waals surface area contributed by atoms with Crippen molar-refractivity contribution >= 4 is 34.7 Å². The number of imide groups is 2. The molecule has 10 heteroatoms. The minimum absolute atomic E-state index is 0.0648. The largest absolute Gasteiger partial charge is 0.491 e. The highest BCUT2D eigenvalue weighted by molar-refractivity contribution is 6.24. The van der Waals surface area contributed by atoms with Crippen LogP contribution in [0, 0.1) is 11.8 Å². The van der Waals surface area contributed by atoms with Gasteiger partial charge in [0.15, 0.2) is 0 Å². The lowest BCUT2D eigenvalue weighted by atomic mass is 10.0. The van der Waals surface area contributed by atoms with E-state index in [4.69, 9.17) is 9.47 Å². The molecule has 0 spiro atoms. The van der Waals surface area contributed by atoms with Gasteiger partial charge in [0.1, 0.15) is 25.0 Å². The predicted octanol–water partition coefficient (Wildman–Crippen LogP) is 1.41. The number of carbonyl (C=O) groups excluding carboxylic acids is 4. The van der Waals surface area contributed by atoms with Gasteiger partial charge < -0.3 is 14.5 Å². The second kappa shape index (κ2) is 9.40. The fourth-order valence-corrected chi connectivity index (χ4v) is 4.10. The average Bonchev–Trinajstić information content (AvgIpc) is 3.41. The number of hydrogen-bond acceptors (Lipinski definition) is 7. The summed E-state index contributed by atoms with van der Waals surface area (Å²) in [7, 11) is 0. The van der Waals surface area contributed by atoms with E-state index in [1.165, 1.54) is 6.07 Å². The van der Waals surface area contributed by atoms with Gasteiger partial charge in [-0.1, -0.05) is 17.9 Å². The van der Waals surface area contributed by atoms with E-state index in [-0.39, 0.29) is 30.6 Å². The predicted molar refractivity (Wildman–Crippen MR) is 122 cm³/mol. The normalized spacial score (nSPS) is 17.3. The molecule has 0 aliphatic carbocycles. The highest BCUT2D eigenvalue weighted by Crippen LogP contribution is 2.29. The fraction of sp³-hybridized carbons (Fsp3) is 0.240. The summed E-state index contributed by atoms with van der Waals surface area (Å²) in [6.45, 7) is 0.741. The Labute approximate surface area is 199 Å². The summed E-state index contributed by atoms with van der Waals surface area (Å²) in [5.74, 6) is 4.20. The number of aromatic nitrogens is 2. The van der Waals surface area contributed by atoms with Crippen molar-refractivity contribution in [1.82, 2.24) is 20.2 Å². The van der Waals surface area contributed by atoms with Crippen LogP contribution in [0.5, 0.6) is 5.75 Å². The van der Waals surface area contributed by atoms with Crippen LogP contribution in [0.2, 0.25) is 0 Å². The van der Waals surface area contributed by atoms with Gasteiger partial charge in [-0.2, -0.15) is 0 Å². The first-order chi connectivity index (χ1) is 17.0. The summed E-state index contributed by atoms with van der Waals surface area (Å²) in [6, 6.07) is 9.33. The second-order valence-electron chi connectivity index (χ2n) is 7.96. The Morgan fingerprint density at radius 2 is 1.97 bits per heavy atom. The molecule has 10 nitrogen and oxygen atoms in total. The van der Waals surface area contributed by atoms with E-state index in [1.807, 2.05) is 18.2 Å². The lowest BCUT2D eigenvalue weighted by Crippen LogP contribution is -2.54. The van der Waals surface area contributed by atoms with Crippen molar-refractivity contribution < 1.29 is 28.7 Å². The number of hydrogen-bond donors (Lipinski definition) is 2. The third-order valence-electron chi connectivity index (χ3n) is 5.75. The van der Waals surface area contributed by atoms with E-state index in [9.17, 15) is 19.2 Å². The molecule has 5 rings (SSSR count). The first kappa shape index (κ1) is 22.3. The molecule has 35 heavy (non-hydrogen) atoms. The number of ether oxygens (including phenoxy) is 2. The molecule has 176 valence electrons. The number of benzene rings is 2. The van der Waals surface area contributed by atoms with Crippen LogP contribution < -0.4 is 10.1 Å². The maximum Gasteiger partial charge on any atom is 0.263 e. The van der Waals surface area contributed by atoms with Crippen molar-refractivity contribution in [3.05, 3.63) is 59.4 Å². The van der Waals surface area contributed by atoms with E-state index in [0.29, 0.717) is 24.5 Å². The number of carbonyl (C=O) groups is 4. The van der Waals surface area contributed by atoms with E-state index in [2.05, 4.69) is 27.1 Å². The molecule has 2 aromatic carbocycles. The monoisotopic (exact) mass is 472 g/mol. The van der Waals surface area contributed by atoms with Crippen molar-refractivity contribution in [2.75, 3.05) is 19.8 Å². The molecule has 1 fully saturated rings. The zero-order chi connectivity index (χ0) is 24.4. The van der Waals surface area contributed by atoms with Crippen LogP contribution in [0.25, 0.3) is 11.0 Å². The topological polar surface area (TPSA) is 131 Å². The Balaban J connectivity index is 1.18. The van der Waals surface area contributed by atoms with Crippen LogP contribution in [0.15, 0.2) is 42.7 Å². The van der Waals surface area contributed by atoms with Crippen LogP contribution >= 0.6 is 0 Å². The molecule has 1 atom stereocenters. The van der Waals surface area contributed by atoms with Crippen molar-refractivity contribution in [1.29, 1.82) is 0 Å². The number of nitrogens with zero attached hydrogens (tertiary/aromatic N) is 2. The van der Waals surface area contributed by atoms with Crippen LogP contribution in [0.4, 0.5) is 0 Å². The van der Waals surface area contributed by atoms with Crippen molar-refractivity contribution in [2.45, 2.75) is 18.9 Å². The molecule has 0 bridgehead atoms. The van der Waals surface area contributed by atoms with Gasteiger partial charge in [-0.05, 0) is 30.7 Å². The number of H-pyrrole nitrogens is 1. The van der Waals surface area contributed by atoms with Crippen LogP contribution in [-0.4, -0.2) is 64.4 Å². The highest BCUT2D eigenvalue weighted by atomic mass is 16.5. The van der Waals surface area contributed by atoms with Crippen molar-refractivity contribution in [2.24, 2.45) is 0 Å². The zero-order valence-electron chi connectivity index (χ0n) is 18.5. The lowest BCUT2D eigenvalue weighted by Gasteiger charge is -2.27. The summed E-state index contributed by atoms with van der Waals surface area (Å²) in [5, 5.41) is 2.18. The standard InChI is InChI=1S/C25H20N4O6/c30-21-9-8-20(23(31)28-21)29-24(32)17-5-1-3-15(22(17)25(29)33)4-2-10-34-11-12-35-16-6-7-18-19(13-16)27-14-26-18/h1,3,5-7,13-14,20H,8-12H2,(H,26,27)(H,28,30,31). The SMILES string of the molecule is O=C1CCC(N2C(=O)c3cccc(C#CCOCCOc4ccc5nc[nH]c5c4)c3C2=O)C(=O)N1. The Kier molecular flexibility index (Phi) is 5.99. The summed E-state index contributed by atoms with van der Waals surface area (Å²) in [4.78, 5) is 57.6. The highest BCUT2D eigenvalue weighted by Gasteiger charge is 2.45. The van der Waals surface area contributed by atoms with Crippen LogP contribution in [0.1, 0.15) is 39.1 Å². The van der Waals surface area contributed by atoms with Crippen LogP contribution in [-0.2, 0) is 14.3 Å². The van der Waals surface area contributed by atoms with Gasteiger partial charge in [-0.15, -0.1) is 0 Å². The number of nitrogens with one attached hydrogen (secondary N) is 2. The summed E-state index contributed by atoms with van der Waals surface area (Å²) >= 11 is 0. The molecule has 1 unspecified atom stereocenters. The molecular formula is C25H20N4O6. The van der Waals surface area contributed by atoms with Crippen molar-refractivity contribution in [3.8, 4) is 17.6 Å². The third-order valence-corrected chi connectivity index (χ3v) is 5.75. The number of rotatable bonds is 6. The van der Waals surface area contributed by atoms with Crippen LogP contribution in [0.3, 0.4) is 0 Å². The smallest absolute Gasteiger partial charge is 0.263 e. The summed E-state index contributed by atoms with van der Waals surface area (Å²) in [6.07, 6.45) is 1.78. The molecule has 2 N–H and O–H groups in total. The Bertz CT molecular complexity index is 1420.